The van der Waals surface area contributed by atoms with Crippen molar-refractivity contribution in [3.05, 3.63) is 76.5 Å². The molecule has 0 bridgehead atoms. The van der Waals surface area contributed by atoms with Crippen LogP contribution in [0.25, 0.3) is 28.5 Å². The standard InChI is InChI=1S/C34H39FN2O4/c1-7-23-19-24(41-34(4,5)40-23)15-16-27-30(21-11-13-22(35)14-12-21)26-9-8-10-28-25(32(26)37-31(27)20(2)3)17-18-29(36-28)33(38)39-6/h11-18,20,23-24H,7-10,19H2,1-6H3/b16-15+/t23-,24+/m0/s1. The molecule has 2 aromatic heterocycles. The van der Waals surface area contributed by atoms with Gasteiger partial charge in [0.15, 0.2) is 5.79 Å². The summed E-state index contributed by atoms with van der Waals surface area (Å²) in [5.41, 5.74) is 7.99. The van der Waals surface area contributed by atoms with Crippen molar-refractivity contribution in [2.45, 2.75) is 90.6 Å². The van der Waals surface area contributed by atoms with Crippen LogP contribution in [0.15, 0.2) is 42.5 Å². The number of benzene rings is 1. The number of aryl methyl sites for hydroxylation is 1. The van der Waals surface area contributed by atoms with Gasteiger partial charge in [-0.3, -0.25) is 4.98 Å². The molecule has 2 atom stereocenters. The van der Waals surface area contributed by atoms with Gasteiger partial charge in [-0.05, 0) is 86.4 Å². The molecule has 0 unspecified atom stereocenters. The van der Waals surface area contributed by atoms with Crippen LogP contribution >= 0.6 is 0 Å². The Labute approximate surface area is 242 Å². The Morgan fingerprint density at radius 2 is 1.88 bits per heavy atom. The maximum Gasteiger partial charge on any atom is 0.356 e. The molecule has 1 aromatic carbocycles. The van der Waals surface area contributed by atoms with E-state index in [4.69, 9.17) is 19.2 Å². The fourth-order valence-electron chi connectivity index (χ4n) is 5.96. The highest BCUT2D eigenvalue weighted by Gasteiger charge is 2.34. The van der Waals surface area contributed by atoms with Gasteiger partial charge in [0, 0.05) is 17.5 Å². The maximum atomic E-state index is 14.1. The average Bonchev–Trinajstić information content (AvgIpc) is 3.13. The summed E-state index contributed by atoms with van der Waals surface area (Å²) < 4.78 is 31.4. The summed E-state index contributed by atoms with van der Waals surface area (Å²) >= 11 is 0. The first-order valence-corrected chi connectivity index (χ1v) is 14.5. The smallest absolute Gasteiger partial charge is 0.356 e. The molecular weight excluding hydrogens is 519 g/mol. The number of hydrogen-bond acceptors (Lipinski definition) is 6. The first kappa shape index (κ1) is 29.1. The zero-order valence-corrected chi connectivity index (χ0v) is 24.8. The van der Waals surface area contributed by atoms with Crippen molar-refractivity contribution in [2.75, 3.05) is 7.11 Å². The number of pyridine rings is 2. The topological polar surface area (TPSA) is 70.5 Å². The van der Waals surface area contributed by atoms with Crippen molar-refractivity contribution < 1.29 is 23.4 Å². The number of carbonyl (C=O) groups excluding carboxylic acids is 1. The molecule has 1 aliphatic heterocycles. The van der Waals surface area contributed by atoms with Crippen LogP contribution in [0.1, 0.15) is 92.8 Å². The largest absolute Gasteiger partial charge is 0.464 e. The second-order valence-electron chi connectivity index (χ2n) is 11.6. The number of esters is 1. The molecule has 6 nitrogen and oxygen atoms in total. The average molecular weight is 559 g/mol. The Morgan fingerprint density at radius 1 is 1.12 bits per heavy atom. The Morgan fingerprint density at radius 3 is 2.56 bits per heavy atom. The van der Waals surface area contributed by atoms with Gasteiger partial charge in [0.05, 0.1) is 36.4 Å². The van der Waals surface area contributed by atoms with Gasteiger partial charge in [-0.25, -0.2) is 14.2 Å². The fourth-order valence-corrected chi connectivity index (χ4v) is 5.96. The minimum absolute atomic E-state index is 0.106. The monoisotopic (exact) mass is 558 g/mol. The third-order valence-electron chi connectivity index (χ3n) is 7.82. The number of fused-ring (bicyclic) bond motifs is 3. The molecule has 3 heterocycles. The van der Waals surface area contributed by atoms with Crippen LogP contribution in [-0.4, -0.2) is 41.0 Å². The van der Waals surface area contributed by atoms with Crippen LogP contribution in [0.2, 0.25) is 0 Å². The van der Waals surface area contributed by atoms with Crippen LogP contribution in [0.3, 0.4) is 0 Å². The van der Waals surface area contributed by atoms with Crippen LogP contribution in [0.4, 0.5) is 4.39 Å². The lowest BCUT2D eigenvalue weighted by Crippen LogP contribution is -2.43. The normalized spacial score (nSPS) is 20.0. The van der Waals surface area contributed by atoms with E-state index in [1.807, 2.05) is 32.0 Å². The molecule has 2 aliphatic rings. The molecule has 5 rings (SSSR count). The van der Waals surface area contributed by atoms with Gasteiger partial charge >= 0.3 is 5.97 Å². The predicted octanol–water partition coefficient (Wildman–Crippen LogP) is 7.68. The van der Waals surface area contributed by atoms with E-state index >= 15 is 0 Å². The van der Waals surface area contributed by atoms with Crippen LogP contribution in [0.5, 0.6) is 0 Å². The van der Waals surface area contributed by atoms with Crippen molar-refractivity contribution in [3.63, 3.8) is 0 Å². The van der Waals surface area contributed by atoms with Gasteiger partial charge in [-0.2, -0.15) is 0 Å². The first-order chi connectivity index (χ1) is 19.6. The summed E-state index contributed by atoms with van der Waals surface area (Å²) in [6.07, 6.45) is 8.31. The molecule has 0 radical (unpaired) electrons. The Hall–Kier alpha value is -3.42. The molecule has 0 amide bonds. The number of aromatic nitrogens is 2. The molecule has 1 saturated heterocycles. The van der Waals surface area contributed by atoms with E-state index < -0.39 is 11.8 Å². The Balaban J connectivity index is 1.71. The van der Waals surface area contributed by atoms with Crippen molar-refractivity contribution in [2.24, 2.45) is 0 Å². The number of halogens is 1. The lowest BCUT2D eigenvalue weighted by atomic mass is 9.86. The van der Waals surface area contributed by atoms with E-state index in [9.17, 15) is 9.18 Å². The van der Waals surface area contributed by atoms with Crippen LogP contribution in [-0.2, 0) is 27.1 Å². The van der Waals surface area contributed by atoms with Crippen LogP contribution in [0, 0.1) is 5.82 Å². The van der Waals surface area contributed by atoms with Gasteiger partial charge in [-0.1, -0.05) is 45.1 Å². The predicted molar refractivity (Wildman–Crippen MR) is 158 cm³/mol. The lowest BCUT2D eigenvalue weighted by Gasteiger charge is -2.39. The summed E-state index contributed by atoms with van der Waals surface area (Å²) in [5.74, 6) is -1.28. The van der Waals surface area contributed by atoms with Crippen molar-refractivity contribution in [3.8, 4) is 22.4 Å². The Kier molecular flexibility index (Phi) is 8.39. The SMILES string of the molecule is CC[C@H]1C[C@@H](/C=C/c2c(C(C)C)nc3c(c2-c2ccc(F)cc2)CCCc2nc(C(=O)OC)ccc2-3)OC(C)(C)O1. The summed E-state index contributed by atoms with van der Waals surface area (Å²) in [6, 6.07) is 10.3. The molecule has 0 saturated carbocycles. The maximum absolute atomic E-state index is 14.1. The quantitative estimate of drug-likeness (QED) is 0.289. The molecule has 0 spiro atoms. The number of ether oxygens (including phenoxy) is 3. The van der Waals surface area contributed by atoms with Gasteiger partial charge < -0.3 is 14.2 Å². The zero-order chi connectivity index (χ0) is 29.3. The molecule has 1 fully saturated rings. The summed E-state index contributed by atoms with van der Waals surface area (Å²) in [5, 5.41) is 0. The fraction of sp³-hybridized carbons (Fsp3) is 0.441. The van der Waals surface area contributed by atoms with Crippen molar-refractivity contribution >= 4 is 12.0 Å². The lowest BCUT2D eigenvalue weighted by molar-refractivity contribution is -0.290. The van der Waals surface area contributed by atoms with E-state index in [1.165, 1.54) is 19.2 Å². The van der Waals surface area contributed by atoms with E-state index in [0.717, 1.165) is 70.6 Å². The van der Waals surface area contributed by atoms with Crippen molar-refractivity contribution in [1.29, 1.82) is 0 Å². The van der Waals surface area contributed by atoms with E-state index in [0.29, 0.717) is 12.1 Å². The van der Waals surface area contributed by atoms with Gasteiger partial charge in [0.2, 0.25) is 0 Å². The van der Waals surface area contributed by atoms with Gasteiger partial charge in [0.25, 0.3) is 0 Å². The first-order valence-electron chi connectivity index (χ1n) is 14.5. The molecule has 1 aliphatic carbocycles. The van der Waals surface area contributed by atoms with Crippen LogP contribution < -0.4 is 0 Å². The Bertz CT molecular complexity index is 1460. The van der Waals surface area contributed by atoms with E-state index in [1.54, 1.807) is 6.07 Å². The second kappa shape index (κ2) is 11.8. The number of rotatable bonds is 6. The zero-order valence-electron chi connectivity index (χ0n) is 24.8. The summed E-state index contributed by atoms with van der Waals surface area (Å²) in [4.78, 5) is 22.2. The number of hydrogen-bond donors (Lipinski definition) is 0. The highest BCUT2D eigenvalue weighted by atomic mass is 19.1. The molecule has 216 valence electrons. The third kappa shape index (κ3) is 6.11. The van der Waals surface area contributed by atoms with E-state index in [-0.39, 0.29) is 23.9 Å². The molecule has 3 aromatic rings. The minimum atomic E-state index is -0.666. The summed E-state index contributed by atoms with van der Waals surface area (Å²) in [7, 11) is 1.36. The number of nitrogens with zero attached hydrogens (tertiary/aromatic N) is 2. The number of carbonyl (C=O) groups is 1. The molecule has 0 N–H and O–H groups in total. The number of methoxy groups -OCH3 is 1. The molecule has 7 heteroatoms. The second-order valence-corrected chi connectivity index (χ2v) is 11.6. The molecule has 41 heavy (non-hydrogen) atoms. The summed E-state index contributed by atoms with van der Waals surface area (Å²) in [6.45, 7) is 10.3. The highest BCUT2D eigenvalue weighted by molar-refractivity contribution is 5.89. The van der Waals surface area contributed by atoms with Crippen molar-refractivity contribution in [1.82, 2.24) is 9.97 Å². The third-order valence-corrected chi connectivity index (χ3v) is 7.82. The van der Waals surface area contributed by atoms with E-state index in [2.05, 4.69) is 37.9 Å². The minimum Gasteiger partial charge on any atom is -0.464 e. The van der Waals surface area contributed by atoms with Gasteiger partial charge in [0.1, 0.15) is 11.5 Å². The van der Waals surface area contributed by atoms with Gasteiger partial charge in [-0.15, -0.1) is 0 Å². The molecular formula is C34H39FN2O4. The highest BCUT2D eigenvalue weighted by Crippen LogP contribution is 2.42.